The molecule has 3 amide bonds. The van der Waals surface area contributed by atoms with Gasteiger partial charge < -0.3 is 16.0 Å². The second-order valence-corrected chi connectivity index (χ2v) is 6.82. The molecule has 1 saturated heterocycles. The van der Waals surface area contributed by atoms with Gasteiger partial charge in [-0.15, -0.1) is 0 Å². The Bertz CT molecular complexity index is 601. The molecule has 1 heterocycles. The smallest absolute Gasteiger partial charge is 0.319 e. The molecule has 3 N–H and O–H groups in total. The maximum absolute atomic E-state index is 12.2. The van der Waals surface area contributed by atoms with Crippen LogP contribution in [0, 0.1) is 6.92 Å². The summed E-state index contributed by atoms with van der Waals surface area (Å²) in [6.45, 7) is 6.68. The van der Waals surface area contributed by atoms with Gasteiger partial charge in [0.2, 0.25) is 5.91 Å². The van der Waals surface area contributed by atoms with E-state index in [0.29, 0.717) is 11.6 Å². The Balaban J connectivity index is 1.73. The van der Waals surface area contributed by atoms with Crippen LogP contribution >= 0.6 is 11.6 Å². The monoisotopic (exact) mass is 366 g/mol. The first-order chi connectivity index (χ1) is 12.0. The van der Waals surface area contributed by atoms with Gasteiger partial charge in [-0.2, -0.15) is 0 Å². The maximum atomic E-state index is 12.2. The SMILES string of the molecule is CCCNC(=O)CN1CCC(NC(=O)Nc2cccc(Cl)c2C)CC1. The number of nitrogens with one attached hydrogen (secondary N) is 3. The first-order valence-electron chi connectivity index (χ1n) is 8.81. The van der Waals surface area contributed by atoms with Gasteiger partial charge in [0, 0.05) is 36.4 Å². The fraction of sp³-hybridized carbons (Fsp3) is 0.556. The minimum atomic E-state index is -0.218. The Morgan fingerprint density at radius 3 is 2.68 bits per heavy atom. The molecule has 1 aromatic carbocycles. The van der Waals surface area contributed by atoms with E-state index in [1.165, 1.54) is 0 Å². The Morgan fingerprint density at radius 2 is 2.00 bits per heavy atom. The number of urea groups is 1. The van der Waals surface area contributed by atoms with E-state index < -0.39 is 0 Å². The third-order valence-corrected chi connectivity index (χ3v) is 4.79. The van der Waals surface area contributed by atoms with Crippen LogP contribution in [-0.2, 0) is 4.79 Å². The highest BCUT2D eigenvalue weighted by Gasteiger charge is 2.22. The molecule has 6 nitrogen and oxygen atoms in total. The largest absolute Gasteiger partial charge is 0.355 e. The van der Waals surface area contributed by atoms with E-state index in [2.05, 4.69) is 20.9 Å². The van der Waals surface area contributed by atoms with E-state index in [4.69, 9.17) is 11.6 Å². The molecular formula is C18H27ClN4O2. The lowest BCUT2D eigenvalue weighted by molar-refractivity contribution is -0.122. The van der Waals surface area contributed by atoms with Crippen LogP contribution in [0.25, 0.3) is 0 Å². The predicted molar refractivity (Wildman–Crippen MR) is 101 cm³/mol. The average molecular weight is 367 g/mol. The van der Waals surface area contributed by atoms with E-state index in [1.807, 2.05) is 26.0 Å². The fourth-order valence-corrected chi connectivity index (χ4v) is 3.02. The lowest BCUT2D eigenvalue weighted by atomic mass is 10.1. The summed E-state index contributed by atoms with van der Waals surface area (Å²) in [6.07, 6.45) is 2.62. The zero-order chi connectivity index (χ0) is 18.2. The molecule has 0 aromatic heterocycles. The van der Waals surface area contributed by atoms with E-state index in [0.717, 1.165) is 50.1 Å². The van der Waals surface area contributed by atoms with Crippen LogP contribution in [0.3, 0.4) is 0 Å². The third-order valence-electron chi connectivity index (χ3n) is 4.38. The highest BCUT2D eigenvalue weighted by molar-refractivity contribution is 6.31. The highest BCUT2D eigenvalue weighted by atomic mass is 35.5. The van der Waals surface area contributed by atoms with Crippen molar-refractivity contribution >= 4 is 29.2 Å². The number of carbonyl (C=O) groups is 2. The molecule has 1 aliphatic heterocycles. The van der Waals surface area contributed by atoms with Crippen LogP contribution in [0.4, 0.5) is 10.5 Å². The number of anilines is 1. The zero-order valence-corrected chi connectivity index (χ0v) is 15.7. The van der Waals surface area contributed by atoms with Crippen molar-refractivity contribution in [2.75, 3.05) is 31.5 Å². The quantitative estimate of drug-likeness (QED) is 0.724. The second kappa shape index (κ2) is 9.63. The molecule has 0 bridgehead atoms. The van der Waals surface area contributed by atoms with Crippen molar-refractivity contribution in [2.45, 2.75) is 39.2 Å². The zero-order valence-electron chi connectivity index (χ0n) is 14.9. The van der Waals surface area contributed by atoms with E-state index in [1.54, 1.807) is 6.07 Å². The van der Waals surface area contributed by atoms with Crippen LogP contribution in [0.5, 0.6) is 0 Å². The number of hydrogen-bond donors (Lipinski definition) is 3. The molecule has 0 spiro atoms. The Morgan fingerprint density at radius 1 is 1.28 bits per heavy atom. The second-order valence-electron chi connectivity index (χ2n) is 6.41. The number of benzene rings is 1. The lowest BCUT2D eigenvalue weighted by Gasteiger charge is -2.31. The molecule has 7 heteroatoms. The summed E-state index contributed by atoms with van der Waals surface area (Å²) >= 11 is 6.07. The molecule has 1 aliphatic rings. The average Bonchev–Trinajstić information content (AvgIpc) is 2.59. The van der Waals surface area contributed by atoms with Crippen molar-refractivity contribution in [1.82, 2.24) is 15.5 Å². The van der Waals surface area contributed by atoms with Crippen molar-refractivity contribution < 1.29 is 9.59 Å². The van der Waals surface area contributed by atoms with Gasteiger partial charge in [-0.3, -0.25) is 9.69 Å². The number of hydrogen-bond acceptors (Lipinski definition) is 3. The Kier molecular flexibility index (Phi) is 7.52. The molecule has 1 fully saturated rings. The topological polar surface area (TPSA) is 73.5 Å². The van der Waals surface area contributed by atoms with Crippen molar-refractivity contribution in [3.05, 3.63) is 28.8 Å². The summed E-state index contributed by atoms with van der Waals surface area (Å²) in [5.74, 6) is 0.0717. The van der Waals surface area contributed by atoms with Crippen LogP contribution < -0.4 is 16.0 Å². The summed E-state index contributed by atoms with van der Waals surface area (Å²) in [7, 11) is 0. The third kappa shape index (κ3) is 6.21. The molecule has 0 unspecified atom stereocenters. The number of piperidine rings is 1. The van der Waals surface area contributed by atoms with Gasteiger partial charge >= 0.3 is 6.03 Å². The molecule has 25 heavy (non-hydrogen) atoms. The number of nitrogens with zero attached hydrogens (tertiary/aromatic N) is 1. The van der Waals surface area contributed by atoms with Crippen LogP contribution in [0.15, 0.2) is 18.2 Å². The summed E-state index contributed by atoms with van der Waals surface area (Å²) in [6, 6.07) is 5.34. The minimum Gasteiger partial charge on any atom is -0.355 e. The molecule has 0 saturated carbocycles. The summed E-state index contributed by atoms with van der Waals surface area (Å²) in [5.41, 5.74) is 1.57. The minimum absolute atomic E-state index is 0.0717. The van der Waals surface area contributed by atoms with Crippen molar-refractivity contribution in [2.24, 2.45) is 0 Å². The van der Waals surface area contributed by atoms with Crippen molar-refractivity contribution in [3.63, 3.8) is 0 Å². The first-order valence-corrected chi connectivity index (χ1v) is 9.19. The molecule has 0 atom stereocenters. The molecule has 0 aliphatic carbocycles. The van der Waals surface area contributed by atoms with E-state index in [-0.39, 0.29) is 18.0 Å². The van der Waals surface area contributed by atoms with Crippen LogP contribution in [0.2, 0.25) is 5.02 Å². The normalized spacial score (nSPS) is 15.6. The highest BCUT2D eigenvalue weighted by Crippen LogP contribution is 2.22. The standard InChI is InChI=1S/C18H27ClN4O2/c1-3-9-20-17(24)12-23-10-7-14(8-11-23)21-18(25)22-16-6-4-5-15(19)13(16)2/h4-6,14H,3,7-12H2,1-2H3,(H,20,24)(H2,21,22,25). The van der Waals surface area contributed by atoms with Gasteiger partial charge in [-0.05, 0) is 43.9 Å². The van der Waals surface area contributed by atoms with Gasteiger partial charge in [0.15, 0.2) is 0 Å². The van der Waals surface area contributed by atoms with E-state index in [9.17, 15) is 9.59 Å². The lowest BCUT2D eigenvalue weighted by Crippen LogP contribution is -2.48. The molecule has 138 valence electrons. The van der Waals surface area contributed by atoms with Gasteiger partial charge in [0.1, 0.15) is 0 Å². The summed E-state index contributed by atoms with van der Waals surface area (Å²) in [4.78, 5) is 26.1. The molecule has 1 aromatic rings. The number of likely N-dealkylation sites (tertiary alicyclic amines) is 1. The molecule has 2 rings (SSSR count). The predicted octanol–water partition coefficient (Wildman–Crippen LogP) is 2.76. The number of halogens is 1. The fourth-order valence-electron chi connectivity index (χ4n) is 2.85. The number of carbonyl (C=O) groups excluding carboxylic acids is 2. The number of amides is 3. The van der Waals surface area contributed by atoms with Gasteiger partial charge in [-0.1, -0.05) is 24.6 Å². The Labute approximate surface area is 154 Å². The van der Waals surface area contributed by atoms with Crippen LogP contribution in [-0.4, -0.2) is 49.1 Å². The van der Waals surface area contributed by atoms with E-state index >= 15 is 0 Å². The number of rotatable bonds is 6. The van der Waals surface area contributed by atoms with Gasteiger partial charge in [0.05, 0.1) is 6.54 Å². The molecule has 0 radical (unpaired) electrons. The summed E-state index contributed by atoms with van der Waals surface area (Å²) < 4.78 is 0. The van der Waals surface area contributed by atoms with Crippen molar-refractivity contribution in [1.29, 1.82) is 0 Å². The Hall–Kier alpha value is -1.79. The van der Waals surface area contributed by atoms with Crippen LogP contribution in [0.1, 0.15) is 31.7 Å². The van der Waals surface area contributed by atoms with Gasteiger partial charge in [-0.25, -0.2) is 4.79 Å². The maximum Gasteiger partial charge on any atom is 0.319 e. The molecular weight excluding hydrogens is 340 g/mol. The first kappa shape index (κ1) is 19.5. The van der Waals surface area contributed by atoms with Crippen molar-refractivity contribution in [3.8, 4) is 0 Å². The van der Waals surface area contributed by atoms with Gasteiger partial charge in [0.25, 0.3) is 0 Å². The summed E-state index contributed by atoms with van der Waals surface area (Å²) in [5, 5.41) is 9.38.